The summed E-state index contributed by atoms with van der Waals surface area (Å²) in [5.74, 6) is 0.348. The van der Waals surface area contributed by atoms with Crippen LogP contribution in [0, 0.1) is 21.3 Å². The van der Waals surface area contributed by atoms with E-state index in [1.807, 2.05) is 6.07 Å². The normalized spacial score (nSPS) is 12.2. The maximum atomic E-state index is 10.00. The Morgan fingerprint density at radius 3 is 2.50 bits per heavy atom. The van der Waals surface area contributed by atoms with Crippen LogP contribution in [0.5, 0.6) is 5.75 Å². The summed E-state index contributed by atoms with van der Waals surface area (Å²) >= 11 is 0. The van der Waals surface area contributed by atoms with Crippen LogP contribution < -0.4 is 4.57 Å². The van der Waals surface area contributed by atoms with Gasteiger partial charge in [-0.1, -0.05) is 19.9 Å². The Morgan fingerprint density at radius 1 is 1.04 bits per heavy atom. The predicted octanol–water partition coefficient (Wildman–Crippen LogP) is 4.81. The van der Waals surface area contributed by atoms with Crippen LogP contribution in [-0.2, 0) is 13.0 Å². The van der Waals surface area contributed by atoms with Gasteiger partial charge < -0.3 is 12.5 Å². The zero-order valence-corrected chi connectivity index (χ0v) is 17.8. The third-order valence-electron chi connectivity index (χ3n) is 6.25. The van der Waals surface area contributed by atoms with Crippen molar-refractivity contribution in [2.45, 2.75) is 40.7 Å². The van der Waals surface area contributed by atoms with Gasteiger partial charge >= 0.3 is 0 Å². The molecular formula is C25H32N2O. The Balaban J connectivity index is 0.00000225. The fourth-order valence-corrected chi connectivity index (χ4v) is 4.54. The Bertz CT molecular complexity index is 1020. The second-order valence-electron chi connectivity index (χ2n) is 7.66. The van der Waals surface area contributed by atoms with Crippen molar-refractivity contribution >= 4 is 10.8 Å². The average molecular weight is 377 g/mol. The molecule has 2 aromatic carbocycles. The van der Waals surface area contributed by atoms with Crippen LogP contribution in [0.3, 0.4) is 0 Å². The summed E-state index contributed by atoms with van der Waals surface area (Å²) in [5.41, 5.74) is 7.96. The molecule has 3 aromatic rings. The number of aromatic hydroxyl groups is 1. The lowest BCUT2D eigenvalue weighted by atomic mass is 9.91. The largest absolute Gasteiger partial charge is 0.508 e. The molecule has 0 unspecified atom stereocenters. The van der Waals surface area contributed by atoms with Crippen molar-refractivity contribution in [1.82, 2.24) is 4.90 Å². The van der Waals surface area contributed by atoms with E-state index in [1.165, 1.54) is 44.2 Å². The van der Waals surface area contributed by atoms with Crippen LogP contribution in [0.4, 0.5) is 0 Å². The Labute approximate surface area is 169 Å². The summed E-state index contributed by atoms with van der Waals surface area (Å²) in [5, 5.41) is 12.7. The minimum Gasteiger partial charge on any atom is -0.508 e. The first kappa shape index (κ1) is 20.3. The van der Waals surface area contributed by atoms with Gasteiger partial charge in [0.2, 0.25) is 0 Å². The molecule has 0 aliphatic heterocycles. The number of rotatable bonds is 5. The van der Waals surface area contributed by atoms with Crippen molar-refractivity contribution < 1.29 is 9.67 Å². The van der Waals surface area contributed by atoms with Gasteiger partial charge in [-0.3, -0.25) is 4.90 Å². The van der Waals surface area contributed by atoms with Gasteiger partial charge in [-0.2, -0.15) is 0 Å². The van der Waals surface area contributed by atoms with E-state index in [-0.39, 0.29) is 7.43 Å². The van der Waals surface area contributed by atoms with Crippen LogP contribution in [0.25, 0.3) is 21.9 Å². The Kier molecular flexibility index (Phi) is 5.76. The van der Waals surface area contributed by atoms with E-state index in [1.54, 1.807) is 6.07 Å². The van der Waals surface area contributed by atoms with E-state index in [4.69, 9.17) is 0 Å². The van der Waals surface area contributed by atoms with Crippen molar-refractivity contribution in [1.29, 1.82) is 0 Å². The molecule has 0 amide bonds. The molecule has 1 heterocycles. The minimum absolute atomic E-state index is 0. The highest BCUT2D eigenvalue weighted by Gasteiger charge is 2.25. The highest BCUT2D eigenvalue weighted by atomic mass is 16.3. The molecule has 3 heteroatoms. The molecule has 0 fully saturated rings. The molecular weight excluding hydrogens is 344 g/mol. The molecule has 3 nitrogen and oxygen atoms in total. The van der Waals surface area contributed by atoms with Gasteiger partial charge in [0.1, 0.15) is 5.75 Å². The quantitative estimate of drug-likeness (QED) is 0.400. The standard InChI is InChI=1S/C24H28N2O.CH3/c1-5-25(6-2)11-12-26-10-9-20-16(3)21-13-18-7-8-19(27)14-22(18)24(21)17(4)23(20)15-26;/h7-10,14-15H,5-6,11-13H2,1-4H3;1H3/q;-1/p+1. The molecule has 4 rings (SSSR count). The van der Waals surface area contributed by atoms with Gasteiger partial charge in [0.25, 0.3) is 0 Å². The van der Waals surface area contributed by atoms with Crippen molar-refractivity contribution in [3.05, 3.63) is 66.3 Å². The van der Waals surface area contributed by atoms with Crippen molar-refractivity contribution in [2.75, 3.05) is 19.6 Å². The summed E-state index contributed by atoms with van der Waals surface area (Å²) in [4.78, 5) is 2.46. The highest BCUT2D eigenvalue weighted by molar-refractivity contribution is 5.97. The van der Waals surface area contributed by atoms with E-state index < -0.39 is 0 Å². The average Bonchev–Trinajstić information content (AvgIpc) is 3.06. The monoisotopic (exact) mass is 376 g/mol. The van der Waals surface area contributed by atoms with Crippen LogP contribution in [0.2, 0.25) is 0 Å². The number of hydrogen-bond donors (Lipinski definition) is 1. The van der Waals surface area contributed by atoms with Gasteiger partial charge in [0, 0.05) is 11.5 Å². The number of phenolic OH excluding ortho intramolecular Hbond substituents is 1. The van der Waals surface area contributed by atoms with Gasteiger partial charge in [-0.15, -0.1) is 0 Å². The molecule has 0 saturated heterocycles. The summed E-state index contributed by atoms with van der Waals surface area (Å²) in [6, 6.07) is 8.08. The first-order valence-electron chi connectivity index (χ1n) is 10.0. The minimum atomic E-state index is 0. The topological polar surface area (TPSA) is 27.4 Å². The number of nitrogens with zero attached hydrogens (tertiary/aromatic N) is 2. The number of pyridine rings is 1. The number of aromatic nitrogens is 1. The lowest BCUT2D eigenvalue weighted by Crippen LogP contribution is -2.40. The molecule has 0 radical (unpaired) electrons. The van der Waals surface area contributed by atoms with Crippen LogP contribution in [0.1, 0.15) is 36.1 Å². The maximum Gasteiger partial charge on any atom is 0.176 e. The number of aryl methyl sites for hydroxylation is 2. The van der Waals surface area contributed by atoms with Crippen molar-refractivity contribution in [3.8, 4) is 16.9 Å². The molecule has 0 saturated carbocycles. The maximum absolute atomic E-state index is 10.00. The van der Waals surface area contributed by atoms with Gasteiger partial charge in [-0.05, 0) is 84.3 Å². The first-order valence-corrected chi connectivity index (χ1v) is 10.0. The van der Waals surface area contributed by atoms with Gasteiger partial charge in [0.15, 0.2) is 18.9 Å². The van der Waals surface area contributed by atoms with E-state index in [0.717, 1.165) is 32.6 Å². The fourth-order valence-electron chi connectivity index (χ4n) is 4.54. The summed E-state index contributed by atoms with van der Waals surface area (Å²) in [6.45, 7) is 13.2. The molecule has 0 atom stereocenters. The summed E-state index contributed by atoms with van der Waals surface area (Å²) in [6.07, 6.45) is 5.49. The van der Waals surface area contributed by atoms with E-state index in [9.17, 15) is 5.11 Å². The third kappa shape index (κ3) is 3.29. The third-order valence-corrected chi connectivity index (χ3v) is 6.25. The number of phenols is 1. The number of hydrogen-bond acceptors (Lipinski definition) is 2. The van der Waals surface area contributed by atoms with Crippen LogP contribution in [-0.4, -0.2) is 29.6 Å². The predicted molar refractivity (Wildman–Crippen MR) is 118 cm³/mol. The molecule has 1 aliphatic rings. The lowest BCUT2D eigenvalue weighted by molar-refractivity contribution is -0.695. The second-order valence-corrected chi connectivity index (χ2v) is 7.66. The molecule has 28 heavy (non-hydrogen) atoms. The van der Waals surface area contributed by atoms with Crippen LogP contribution in [0.15, 0.2) is 36.7 Å². The molecule has 0 spiro atoms. The van der Waals surface area contributed by atoms with Gasteiger partial charge in [0.05, 0.1) is 6.54 Å². The first-order chi connectivity index (χ1) is 13.0. The lowest BCUT2D eigenvalue weighted by Gasteiger charge is -2.16. The highest BCUT2D eigenvalue weighted by Crippen LogP contribution is 2.44. The molecule has 148 valence electrons. The van der Waals surface area contributed by atoms with E-state index in [0.29, 0.717) is 5.75 Å². The number of benzene rings is 2. The molecule has 1 aliphatic carbocycles. The Morgan fingerprint density at radius 2 is 1.79 bits per heavy atom. The van der Waals surface area contributed by atoms with Crippen LogP contribution >= 0.6 is 0 Å². The summed E-state index contributed by atoms with van der Waals surface area (Å²) in [7, 11) is 0. The SMILES string of the molecule is CCN(CC)CC[n+]1ccc2c(C)c3c(c(C)c2c1)-c1cc(O)ccc1C3.[CH3-]. The van der Waals surface area contributed by atoms with Crippen molar-refractivity contribution in [3.63, 3.8) is 0 Å². The smallest absolute Gasteiger partial charge is 0.176 e. The Hall–Kier alpha value is -2.39. The fraction of sp³-hybridized carbons (Fsp3) is 0.360. The van der Waals surface area contributed by atoms with Crippen molar-refractivity contribution in [2.24, 2.45) is 0 Å². The zero-order chi connectivity index (χ0) is 19.1. The van der Waals surface area contributed by atoms with Gasteiger partial charge in [-0.25, -0.2) is 4.57 Å². The van der Waals surface area contributed by atoms with E-state index >= 15 is 0 Å². The number of likely N-dealkylation sites (N-methyl/N-ethyl adjacent to an activating group) is 1. The molecule has 1 N–H and O–H groups in total. The molecule has 1 aromatic heterocycles. The number of fused-ring (bicyclic) bond motifs is 4. The zero-order valence-electron chi connectivity index (χ0n) is 17.8. The van der Waals surface area contributed by atoms with E-state index in [2.05, 4.69) is 61.7 Å². The summed E-state index contributed by atoms with van der Waals surface area (Å²) < 4.78 is 2.32. The molecule has 0 bridgehead atoms. The second kappa shape index (κ2) is 7.92.